The maximum atomic E-state index is 11.8. The molecule has 0 aromatic carbocycles. The van der Waals surface area contributed by atoms with Gasteiger partial charge in [0.25, 0.3) is 0 Å². The van der Waals surface area contributed by atoms with Crippen molar-refractivity contribution in [3.8, 4) is 0 Å². The summed E-state index contributed by atoms with van der Waals surface area (Å²) in [5.74, 6) is -1.74. The van der Waals surface area contributed by atoms with E-state index in [0.29, 0.717) is 24.6 Å². The Morgan fingerprint density at radius 2 is 2.06 bits per heavy atom. The molecule has 4 nitrogen and oxygen atoms in total. The molecule has 0 bridgehead atoms. The van der Waals surface area contributed by atoms with Crippen LogP contribution in [0.25, 0.3) is 0 Å². The molecule has 2 N–H and O–H groups in total. The number of carbonyl (C=O) groups excluding carboxylic acids is 1. The summed E-state index contributed by atoms with van der Waals surface area (Å²) >= 11 is 1.69. The van der Waals surface area contributed by atoms with Crippen molar-refractivity contribution in [2.24, 2.45) is 11.8 Å². The number of nitrogens with one attached hydrogen (secondary N) is 1. The summed E-state index contributed by atoms with van der Waals surface area (Å²) in [6.07, 6.45) is 4.17. The minimum absolute atomic E-state index is 0.0919. The molecule has 0 radical (unpaired) electrons. The standard InChI is InChI=1S/C11H19NO3S/c1-7(16-2)6-12-10(13)8-4-3-5-9(8)11(14)15/h7-9H,3-6H2,1-2H3,(H,12,13)(H,14,15). The van der Waals surface area contributed by atoms with E-state index in [1.807, 2.05) is 13.2 Å². The highest BCUT2D eigenvalue weighted by Gasteiger charge is 2.37. The lowest BCUT2D eigenvalue weighted by Gasteiger charge is -2.17. The molecule has 1 amide bonds. The molecule has 16 heavy (non-hydrogen) atoms. The van der Waals surface area contributed by atoms with E-state index in [0.717, 1.165) is 6.42 Å². The van der Waals surface area contributed by atoms with Gasteiger partial charge in [-0.15, -0.1) is 0 Å². The van der Waals surface area contributed by atoms with Gasteiger partial charge >= 0.3 is 5.97 Å². The Morgan fingerprint density at radius 3 is 2.62 bits per heavy atom. The number of rotatable bonds is 5. The molecule has 0 aromatic rings. The predicted molar refractivity (Wildman–Crippen MR) is 64.5 cm³/mol. The minimum atomic E-state index is -0.837. The first-order valence-corrected chi connectivity index (χ1v) is 6.88. The van der Waals surface area contributed by atoms with Crippen molar-refractivity contribution >= 4 is 23.6 Å². The highest BCUT2D eigenvalue weighted by atomic mass is 32.2. The van der Waals surface area contributed by atoms with Gasteiger partial charge in [-0.3, -0.25) is 9.59 Å². The SMILES string of the molecule is CSC(C)CNC(=O)C1CCCC1C(=O)O. The fourth-order valence-electron chi connectivity index (χ4n) is 2.03. The van der Waals surface area contributed by atoms with Gasteiger partial charge in [0.2, 0.25) is 5.91 Å². The second-order valence-electron chi connectivity index (χ2n) is 4.27. The van der Waals surface area contributed by atoms with E-state index in [1.54, 1.807) is 11.8 Å². The first-order chi connectivity index (χ1) is 7.56. The number of carboxylic acid groups (broad SMARTS) is 1. The Kier molecular flexibility index (Phi) is 5.12. The largest absolute Gasteiger partial charge is 0.481 e. The number of carbonyl (C=O) groups is 2. The van der Waals surface area contributed by atoms with Gasteiger partial charge in [-0.2, -0.15) is 11.8 Å². The van der Waals surface area contributed by atoms with Crippen LogP contribution in [-0.2, 0) is 9.59 Å². The van der Waals surface area contributed by atoms with Crippen molar-refractivity contribution in [1.29, 1.82) is 0 Å². The highest BCUT2D eigenvalue weighted by Crippen LogP contribution is 2.32. The van der Waals surface area contributed by atoms with Gasteiger partial charge in [0.15, 0.2) is 0 Å². The van der Waals surface area contributed by atoms with Crippen molar-refractivity contribution in [3.63, 3.8) is 0 Å². The first-order valence-electron chi connectivity index (χ1n) is 5.59. The number of hydrogen-bond acceptors (Lipinski definition) is 3. The van der Waals surface area contributed by atoms with Crippen LogP contribution in [-0.4, -0.2) is 35.0 Å². The Hall–Kier alpha value is -0.710. The van der Waals surface area contributed by atoms with Crippen LogP contribution in [0.1, 0.15) is 26.2 Å². The zero-order valence-corrected chi connectivity index (χ0v) is 10.5. The van der Waals surface area contributed by atoms with Crippen molar-refractivity contribution < 1.29 is 14.7 Å². The molecule has 5 heteroatoms. The van der Waals surface area contributed by atoms with Crippen molar-refractivity contribution in [3.05, 3.63) is 0 Å². The molecular weight excluding hydrogens is 226 g/mol. The molecule has 3 unspecified atom stereocenters. The van der Waals surface area contributed by atoms with E-state index in [4.69, 9.17) is 5.11 Å². The summed E-state index contributed by atoms with van der Waals surface area (Å²) in [5.41, 5.74) is 0. The molecule has 0 saturated heterocycles. The van der Waals surface area contributed by atoms with E-state index in [2.05, 4.69) is 5.32 Å². The van der Waals surface area contributed by atoms with Crippen LogP contribution in [0.15, 0.2) is 0 Å². The molecule has 1 aliphatic carbocycles. The molecule has 0 aliphatic heterocycles. The fraction of sp³-hybridized carbons (Fsp3) is 0.818. The second kappa shape index (κ2) is 6.13. The van der Waals surface area contributed by atoms with Gasteiger partial charge in [-0.05, 0) is 19.1 Å². The Morgan fingerprint density at radius 1 is 1.44 bits per heavy atom. The number of thioether (sulfide) groups is 1. The molecule has 3 atom stereocenters. The Bertz CT molecular complexity index is 270. The Labute approximate surface area is 100 Å². The third-order valence-electron chi connectivity index (χ3n) is 3.14. The van der Waals surface area contributed by atoms with Crippen LogP contribution in [0.3, 0.4) is 0 Å². The van der Waals surface area contributed by atoms with Gasteiger partial charge in [0, 0.05) is 11.8 Å². The molecule has 1 saturated carbocycles. The van der Waals surface area contributed by atoms with Crippen LogP contribution in [0.5, 0.6) is 0 Å². The number of carboxylic acids is 1. The molecular formula is C11H19NO3S. The van der Waals surface area contributed by atoms with Crippen LogP contribution in [0, 0.1) is 11.8 Å². The lowest BCUT2D eigenvalue weighted by Crippen LogP contribution is -2.37. The third-order valence-corrected chi connectivity index (χ3v) is 4.11. The van der Waals surface area contributed by atoms with Gasteiger partial charge in [0.05, 0.1) is 11.8 Å². The quantitative estimate of drug-likeness (QED) is 0.767. The van der Waals surface area contributed by atoms with Crippen LogP contribution >= 0.6 is 11.8 Å². The first kappa shape index (κ1) is 13.4. The topological polar surface area (TPSA) is 66.4 Å². The fourth-order valence-corrected chi connectivity index (χ4v) is 2.28. The second-order valence-corrected chi connectivity index (χ2v) is 5.55. The van der Waals surface area contributed by atoms with E-state index in [9.17, 15) is 9.59 Å². The summed E-state index contributed by atoms with van der Waals surface area (Å²) < 4.78 is 0. The molecule has 1 fully saturated rings. The average Bonchev–Trinajstić information content (AvgIpc) is 2.74. The number of hydrogen-bond donors (Lipinski definition) is 2. The highest BCUT2D eigenvalue weighted by molar-refractivity contribution is 7.99. The monoisotopic (exact) mass is 245 g/mol. The zero-order valence-electron chi connectivity index (χ0n) is 9.73. The van der Waals surface area contributed by atoms with Crippen molar-refractivity contribution in [2.45, 2.75) is 31.4 Å². The molecule has 1 aliphatic rings. The summed E-state index contributed by atoms with van der Waals surface area (Å²) in [5, 5.41) is 12.2. The Balaban J connectivity index is 2.44. The summed E-state index contributed by atoms with van der Waals surface area (Å²) in [6, 6.07) is 0. The molecule has 0 aromatic heterocycles. The molecule has 1 rings (SSSR count). The summed E-state index contributed by atoms with van der Waals surface area (Å²) in [4.78, 5) is 22.7. The number of aliphatic carboxylic acids is 1. The molecule has 0 spiro atoms. The van der Waals surface area contributed by atoms with Crippen LogP contribution in [0.4, 0.5) is 0 Å². The normalized spacial score (nSPS) is 26.4. The average molecular weight is 245 g/mol. The van der Waals surface area contributed by atoms with Crippen LogP contribution in [0.2, 0.25) is 0 Å². The van der Waals surface area contributed by atoms with E-state index in [1.165, 1.54) is 0 Å². The maximum absolute atomic E-state index is 11.8. The predicted octanol–water partition coefficient (Wildman–Crippen LogP) is 1.36. The van der Waals surface area contributed by atoms with Gasteiger partial charge < -0.3 is 10.4 Å². The lowest BCUT2D eigenvalue weighted by atomic mass is 9.95. The van der Waals surface area contributed by atoms with E-state index < -0.39 is 11.9 Å². The summed E-state index contributed by atoms with van der Waals surface area (Å²) in [7, 11) is 0. The van der Waals surface area contributed by atoms with E-state index in [-0.39, 0.29) is 11.8 Å². The minimum Gasteiger partial charge on any atom is -0.481 e. The van der Waals surface area contributed by atoms with Crippen molar-refractivity contribution in [1.82, 2.24) is 5.32 Å². The van der Waals surface area contributed by atoms with Gasteiger partial charge in [0.1, 0.15) is 0 Å². The van der Waals surface area contributed by atoms with Gasteiger partial charge in [-0.25, -0.2) is 0 Å². The third kappa shape index (κ3) is 3.40. The maximum Gasteiger partial charge on any atom is 0.307 e. The molecule has 0 heterocycles. The smallest absolute Gasteiger partial charge is 0.307 e. The summed E-state index contributed by atoms with van der Waals surface area (Å²) in [6.45, 7) is 2.65. The lowest BCUT2D eigenvalue weighted by molar-refractivity contribution is -0.146. The van der Waals surface area contributed by atoms with Crippen LogP contribution < -0.4 is 5.32 Å². The van der Waals surface area contributed by atoms with Gasteiger partial charge in [-0.1, -0.05) is 13.3 Å². The molecule has 92 valence electrons. The van der Waals surface area contributed by atoms with Crippen molar-refractivity contribution in [2.75, 3.05) is 12.8 Å². The van der Waals surface area contributed by atoms with E-state index >= 15 is 0 Å². The number of amides is 1. The zero-order chi connectivity index (χ0) is 12.1.